The molecule has 1 aliphatic heterocycles. The SMILES string of the molecule is CNCC1(c2ccc3c(c2)OCO3)CCCCC1. The molecule has 0 atom stereocenters. The average Bonchev–Trinajstić information content (AvgIpc) is 2.87. The van der Waals surface area contributed by atoms with Crippen LogP contribution in [0.25, 0.3) is 0 Å². The number of likely N-dealkylation sites (N-methyl/N-ethyl adjacent to an activating group) is 1. The van der Waals surface area contributed by atoms with Crippen molar-refractivity contribution in [3.63, 3.8) is 0 Å². The Morgan fingerprint density at radius 2 is 1.89 bits per heavy atom. The molecule has 1 aliphatic carbocycles. The number of hydrogen-bond donors (Lipinski definition) is 1. The van der Waals surface area contributed by atoms with E-state index in [1.807, 2.05) is 7.05 Å². The molecule has 1 fully saturated rings. The van der Waals surface area contributed by atoms with Crippen LogP contribution in [-0.2, 0) is 5.41 Å². The van der Waals surface area contributed by atoms with Crippen LogP contribution in [0, 0.1) is 0 Å². The second-order valence-electron chi connectivity index (χ2n) is 5.44. The highest BCUT2D eigenvalue weighted by Crippen LogP contribution is 2.42. The van der Waals surface area contributed by atoms with Gasteiger partial charge in [-0.2, -0.15) is 0 Å². The van der Waals surface area contributed by atoms with Crippen molar-refractivity contribution < 1.29 is 9.47 Å². The molecule has 0 unspecified atom stereocenters. The van der Waals surface area contributed by atoms with Gasteiger partial charge < -0.3 is 14.8 Å². The molecule has 0 bridgehead atoms. The van der Waals surface area contributed by atoms with Crippen molar-refractivity contribution in [1.82, 2.24) is 5.32 Å². The van der Waals surface area contributed by atoms with Gasteiger partial charge in [0.1, 0.15) is 0 Å². The predicted octanol–water partition coefficient (Wildman–Crippen LogP) is 2.84. The third-order valence-electron chi connectivity index (χ3n) is 4.31. The molecule has 0 saturated heterocycles. The second kappa shape index (κ2) is 4.81. The molecule has 3 nitrogen and oxygen atoms in total. The van der Waals surface area contributed by atoms with Crippen LogP contribution in [0.5, 0.6) is 11.5 Å². The maximum atomic E-state index is 5.51. The summed E-state index contributed by atoms with van der Waals surface area (Å²) < 4.78 is 10.9. The first kappa shape index (κ1) is 11.8. The van der Waals surface area contributed by atoms with Crippen molar-refractivity contribution in [3.05, 3.63) is 23.8 Å². The normalized spacial score (nSPS) is 20.9. The predicted molar refractivity (Wildman–Crippen MR) is 71.3 cm³/mol. The summed E-state index contributed by atoms with van der Waals surface area (Å²) in [5, 5.41) is 3.37. The van der Waals surface area contributed by atoms with Gasteiger partial charge >= 0.3 is 0 Å². The van der Waals surface area contributed by atoms with E-state index >= 15 is 0 Å². The van der Waals surface area contributed by atoms with Crippen LogP contribution in [0.4, 0.5) is 0 Å². The van der Waals surface area contributed by atoms with Crippen LogP contribution in [0.1, 0.15) is 37.7 Å². The van der Waals surface area contributed by atoms with Crippen molar-refractivity contribution in [2.75, 3.05) is 20.4 Å². The summed E-state index contributed by atoms with van der Waals surface area (Å²) in [6, 6.07) is 6.46. The molecule has 0 radical (unpaired) electrons. The minimum absolute atomic E-state index is 0.286. The molecule has 1 N–H and O–H groups in total. The zero-order valence-electron chi connectivity index (χ0n) is 11.0. The van der Waals surface area contributed by atoms with Gasteiger partial charge in [-0.25, -0.2) is 0 Å². The third kappa shape index (κ3) is 1.97. The first-order valence-electron chi connectivity index (χ1n) is 6.89. The highest BCUT2D eigenvalue weighted by Gasteiger charge is 2.34. The van der Waals surface area contributed by atoms with Crippen molar-refractivity contribution in [3.8, 4) is 11.5 Å². The van der Waals surface area contributed by atoms with Gasteiger partial charge in [0.25, 0.3) is 0 Å². The smallest absolute Gasteiger partial charge is 0.231 e. The highest BCUT2D eigenvalue weighted by molar-refractivity contribution is 5.46. The van der Waals surface area contributed by atoms with Gasteiger partial charge in [-0.1, -0.05) is 25.3 Å². The van der Waals surface area contributed by atoms with E-state index < -0.39 is 0 Å². The van der Waals surface area contributed by atoms with Gasteiger partial charge in [0.15, 0.2) is 11.5 Å². The van der Waals surface area contributed by atoms with E-state index in [4.69, 9.17) is 9.47 Å². The molecule has 0 aromatic heterocycles. The summed E-state index contributed by atoms with van der Waals surface area (Å²) in [6.45, 7) is 1.41. The number of benzene rings is 1. The highest BCUT2D eigenvalue weighted by atomic mass is 16.7. The summed E-state index contributed by atoms with van der Waals surface area (Å²) in [5.74, 6) is 1.79. The minimum atomic E-state index is 0.286. The lowest BCUT2D eigenvalue weighted by atomic mass is 9.69. The van der Waals surface area contributed by atoms with E-state index in [0.29, 0.717) is 6.79 Å². The molecule has 1 saturated carbocycles. The molecule has 0 spiro atoms. The molecule has 2 aliphatic rings. The van der Waals surface area contributed by atoms with Gasteiger partial charge in [0, 0.05) is 12.0 Å². The van der Waals surface area contributed by atoms with Crippen LogP contribution < -0.4 is 14.8 Å². The van der Waals surface area contributed by atoms with E-state index in [-0.39, 0.29) is 5.41 Å². The summed E-state index contributed by atoms with van der Waals surface area (Å²) in [7, 11) is 2.04. The monoisotopic (exact) mass is 247 g/mol. The topological polar surface area (TPSA) is 30.5 Å². The standard InChI is InChI=1S/C15H21NO2/c1-16-10-15(7-3-2-4-8-15)12-5-6-13-14(9-12)18-11-17-13/h5-6,9,16H,2-4,7-8,10-11H2,1H3. The Morgan fingerprint density at radius 1 is 1.11 bits per heavy atom. The van der Waals surface area contributed by atoms with Crippen LogP contribution >= 0.6 is 0 Å². The maximum absolute atomic E-state index is 5.51. The average molecular weight is 247 g/mol. The Kier molecular flexibility index (Phi) is 3.16. The molecule has 1 aromatic rings. The molecule has 3 rings (SSSR count). The Morgan fingerprint density at radius 3 is 2.67 bits per heavy atom. The lowest BCUT2D eigenvalue weighted by molar-refractivity contribution is 0.173. The molecule has 1 aromatic carbocycles. The molecule has 98 valence electrons. The minimum Gasteiger partial charge on any atom is -0.454 e. The van der Waals surface area contributed by atoms with Crippen LogP contribution in [0.2, 0.25) is 0 Å². The molecule has 18 heavy (non-hydrogen) atoms. The zero-order chi connectivity index (χ0) is 12.4. The van der Waals surface area contributed by atoms with Gasteiger partial charge in [-0.05, 0) is 37.6 Å². The summed E-state index contributed by atoms with van der Waals surface area (Å²) in [4.78, 5) is 0. The Bertz CT molecular complexity index is 419. The van der Waals surface area contributed by atoms with Crippen molar-refractivity contribution in [1.29, 1.82) is 0 Å². The fourth-order valence-corrected chi connectivity index (χ4v) is 3.36. The lowest BCUT2D eigenvalue weighted by Gasteiger charge is -2.38. The number of fused-ring (bicyclic) bond motifs is 1. The van der Waals surface area contributed by atoms with Gasteiger partial charge in [0.05, 0.1) is 0 Å². The number of ether oxygens (including phenoxy) is 2. The fraction of sp³-hybridized carbons (Fsp3) is 0.600. The second-order valence-corrected chi connectivity index (χ2v) is 5.44. The first-order chi connectivity index (χ1) is 8.84. The van der Waals surface area contributed by atoms with Gasteiger partial charge in [0.2, 0.25) is 6.79 Å². The summed E-state index contributed by atoms with van der Waals surface area (Å²) in [6.07, 6.45) is 6.57. The van der Waals surface area contributed by atoms with Crippen LogP contribution in [-0.4, -0.2) is 20.4 Å². The van der Waals surface area contributed by atoms with E-state index in [2.05, 4.69) is 23.5 Å². The third-order valence-corrected chi connectivity index (χ3v) is 4.31. The number of hydrogen-bond acceptors (Lipinski definition) is 3. The van der Waals surface area contributed by atoms with Gasteiger partial charge in [-0.3, -0.25) is 0 Å². The van der Waals surface area contributed by atoms with Gasteiger partial charge in [-0.15, -0.1) is 0 Å². The molecular formula is C15H21NO2. The van der Waals surface area contributed by atoms with Crippen molar-refractivity contribution >= 4 is 0 Å². The largest absolute Gasteiger partial charge is 0.454 e. The van der Waals surface area contributed by atoms with E-state index in [0.717, 1.165) is 18.0 Å². The van der Waals surface area contributed by atoms with E-state index in [1.165, 1.54) is 37.7 Å². The Balaban J connectivity index is 1.94. The van der Waals surface area contributed by atoms with Crippen LogP contribution in [0.15, 0.2) is 18.2 Å². The maximum Gasteiger partial charge on any atom is 0.231 e. The Hall–Kier alpha value is -1.22. The molecule has 1 heterocycles. The lowest BCUT2D eigenvalue weighted by Crippen LogP contribution is -2.38. The fourth-order valence-electron chi connectivity index (χ4n) is 3.36. The van der Waals surface area contributed by atoms with E-state index in [9.17, 15) is 0 Å². The number of nitrogens with one attached hydrogen (secondary N) is 1. The quantitative estimate of drug-likeness (QED) is 0.891. The molecule has 0 amide bonds. The Labute approximate surface area is 108 Å². The molecular weight excluding hydrogens is 226 g/mol. The molecule has 3 heteroatoms. The summed E-state index contributed by atoms with van der Waals surface area (Å²) in [5.41, 5.74) is 1.69. The van der Waals surface area contributed by atoms with Crippen molar-refractivity contribution in [2.24, 2.45) is 0 Å². The van der Waals surface area contributed by atoms with Crippen molar-refractivity contribution in [2.45, 2.75) is 37.5 Å². The summed E-state index contributed by atoms with van der Waals surface area (Å²) >= 11 is 0. The number of rotatable bonds is 3. The van der Waals surface area contributed by atoms with E-state index in [1.54, 1.807) is 0 Å². The zero-order valence-corrected chi connectivity index (χ0v) is 11.0. The first-order valence-corrected chi connectivity index (χ1v) is 6.89. The van der Waals surface area contributed by atoms with Crippen LogP contribution in [0.3, 0.4) is 0 Å².